The highest BCUT2D eigenvalue weighted by Gasteiger charge is 2.34. The number of hydrogen-bond donors (Lipinski definition) is 0. The van der Waals surface area contributed by atoms with Crippen molar-refractivity contribution in [3.05, 3.63) is 60.7 Å². The van der Waals surface area contributed by atoms with E-state index in [1.165, 1.54) is 10.4 Å². The highest BCUT2D eigenvalue weighted by atomic mass is 79.9. The molecule has 0 aliphatic carbocycles. The minimum absolute atomic E-state index is 0.0843. The van der Waals surface area contributed by atoms with Gasteiger partial charge in [0.05, 0.1) is 46.2 Å². The Morgan fingerprint density at radius 3 is 1.47 bits per heavy atom. The molecule has 30 heavy (non-hydrogen) atoms. The molecular formula is C24H35BrO4Si. The van der Waals surface area contributed by atoms with Gasteiger partial charge >= 0.3 is 0 Å². The maximum Gasteiger partial charge on any atom is 0.110 e. The van der Waals surface area contributed by atoms with Crippen molar-refractivity contribution in [2.45, 2.75) is 18.9 Å². The molecule has 0 heterocycles. The first-order chi connectivity index (χ1) is 14.6. The molecule has 0 atom stereocenters. The smallest absolute Gasteiger partial charge is 0.110 e. The normalized spacial score (nSPS) is 11.9. The van der Waals surface area contributed by atoms with Crippen molar-refractivity contribution in [3.63, 3.8) is 0 Å². The van der Waals surface area contributed by atoms with Crippen LogP contribution in [0.1, 0.15) is 13.8 Å². The summed E-state index contributed by atoms with van der Waals surface area (Å²) in [6.45, 7) is 9.67. The molecule has 0 saturated heterocycles. The Balaban J connectivity index is 1.71. The van der Waals surface area contributed by atoms with Crippen molar-refractivity contribution >= 4 is 35.1 Å². The van der Waals surface area contributed by atoms with Gasteiger partial charge in [-0.15, -0.1) is 0 Å². The van der Waals surface area contributed by atoms with Crippen LogP contribution in [0.5, 0.6) is 0 Å². The molecule has 0 aliphatic heterocycles. The lowest BCUT2D eigenvalue weighted by Gasteiger charge is -2.34. The molecule has 0 spiro atoms. The number of alkyl halides is 1. The molecule has 2 rings (SSSR count). The van der Waals surface area contributed by atoms with Crippen LogP contribution in [0.4, 0.5) is 0 Å². The monoisotopic (exact) mass is 494 g/mol. The first kappa shape index (κ1) is 25.2. The van der Waals surface area contributed by atoms with Gasteiger partial charge in [-0.3, -0.25) is 0 Å². The van der Waals surface area contributed by atoms with Gasteiger partial charge in [-0.1, -0.05) is 101 Å². The molecule has 2 aromatic carbocycles. The Hall–Kier alpha value is -1.02. The second kappa shape index (κ2) is 14.9. The standard InChI is InChI=1S/C24H35BrO4Si/c1-24(2,21-29-20-19-28-18-17-27-16-15-26-14-13-25)30(22-9-5-3-6-10-22)23-11-7-4-8-12-23/h3-12,30H,13-21H2,1-2H3. The molecule has 0 aromatic heterocycles. The topological polar surface area (TPSA) is 36.9 Å². The summed E-state index contributed by atoms with van der Waals surface area (Å²) in [7, 11) is -1.45. The maximum absolute atomic E-state index is 6.04. The second-order valence-corrected chi connectivity index (χ2v) is 12.4. The van der Waals surface area contributed by atoms with Gasteiger partial charge in [-0.25, -0.2) is 0 Å². The van der Waals surface area contributed by atoms with E-state index in [2.05, 4.69) is 90.4 Å². The van der Waals surface area contributed by atoms with Crippen molar-refractivity contribution in [2.75, 3.05) is 58.2 Å². The Morgan fingerprint density at radius 1 is 0.633 bits per heavy atom. The summed E-state index contributed by atoms with van der Waals surface area (Å²) < 4.78 is 22.5. The van der Waals surface area contributed by atoms with Crippen LogP contribution in [-0.2, 0) is 18.9 Å². The molecule has 0 bridgehead atoms. The van der Waals surface area contributed by atoms with E-state index in [1.54, 1.807) is 0 Å². The number of rotatable bonds is 16. The molecule has 0 radical (unpaired) electrons. The van der Waals surface area contributed by atoms with Gasteiger partial charge in [-0.2, -0.15) is 0 Å². The third-order valence-corrected chi connectivity index (χ3v) is 9.02. The molecule has 0 saturated carbocycles. The van der Waals surface area contributed by atoms with Crippen LogP contribution in [0, 0.1) is 0 Å². The quantitative estimate of drug-likeness (QED) is 0.204. The largest absolute Gasteiger partial charge is 0.379 e. The summed E-state index contributed by atoms with van der Waals surface area (Å²) in [6.07, 6.45) is 0. The minimum atomic E-state index is -1.45. The Bertz CT molecular complexity index is 630. The molecule has 0 unspecified atom stereocenters. The number of halogens is 1. The van der Waals surface area contributed by atoms with Crippen molar-refractivity contribution in [1.82, 2.24) is 0 Å². The fourth-order valence-electron chi connectivity index (χ4n) is 3.52. The van der Waals surface area contributed by atoms with Crippen LogP contribution in [0.15, 0.2) is 60.7 Å². The highest BCUT2D eigenvalue weighted by molar-refractivity contribution is 9.09. The fourth-order valence-corrected chi connectivity index (χ4v) is 7.44. The minimum Gasteiger partial charge on any atom is -0.379 e. The zero-order valence-electron chi connectivity index (χ0n) is 18.2. The van der Waals surface area contributed by atoms with Crippen LogP contribution in [0.25, 0.3) is 0 Å². The van der Waals surface area contributed by atoms with Crippen molar-refractivity contribution in [1.29, 1.82) is 0 Å². The van der Waals surface area contributed by atoms with Gasteiger partial charge in [0, 0.05) is 11.9 Å². The average molecular weight is 496 g/mol. The number of ether oxygens (including phenoxy) is 4. The zero-order valence-corrected chi connectivity index (χ0v) is 21.0. The first-order valence-electron chi connectivity index (χ1n) is 10.6. The summed E-state index contributed by atoms with van der Waals surface area (Å²) in [5, 5.41) is 3.84. The summed E-state index contributed by atoms with van der Waals surface area (Å²) in [5.74, 6) is 0. The lowest BCUT2D eigenvalue weighted by Crippen LogP contribution is -2.51. The molecule has 6 heteroatoms. The van der Waals surface area contributed by atoms with Gasteiger partial charge in [0.2, 0.25) is 0 Å². The maximum atomic E-state index is 6.04. The van der Waals surface area contributed by atoms with Crippen LogP contribution >= 0.6 is 15.9 Å². The molecule has 0 N–H and O–H groups in total. The van der Waals surface area contributed by atoms with Crippen molar-refractivity contribution in [2.24, 2.45) is 0 Å². The van der Waals surface area contributed by atoms with E-state index in [0.717, 1.165) is 11.9 Å². The Labute approximate surface area is 191 Å². The van der Waals surface area contributed by atoms with Gasteiger partial charge < -0.3 is 18.9 Å². The van der Waals surface area contributed by atoms with Crippen LogP contribution in [0.3, 0.4) is 0 Å². The van der Waals surface area contributed by atoms with E-state index in [4.69, 9.17) is 18.9 Å². The Morgan fingerprint density at radius 2 is 1.03 bits per heavy atom. The summed E-state index contributed by atoms with van der Waals surface area (Å²) in [4.78, 5) is 0. The molecule has 166 valence electrons. The van der Waals surface area contributed by atoms with E-state index in [9.17, 15) is 0 Å². The van der Waals surface area contributed by atoms with Gasteiger partial charge in [0.1, 0.15) is 8.80 Å². The van der Waals surface area contributed by atoms with E-state index >= 15 is 0 Å². The number of benzene rings is 2. The van der Waals surface area contributed by atoms with E-state index in [0.29, 0.717) is 46.2 Å². The lowest BCUT2D eigenvalue weighted by molar-refractivity contribution is -0.00252. The van der Waals surface area contributed by atoms with E-state index in [1.807, 2.05) is 0 Å². The highest BCUT2D eigenvalue weighted by Crippen LogP contribution is 2.28. The summed E-state index contributed by atoms with van der Waals surface area (Å²) >= 11 is 3.32. The van der Waals surface area contributed by atoms with Crippen LogP contribution < -0.4 is 10.4 Å². The number of hydrogen-bond acceptors (Lipinski definition) is 4. The second-order valence-electron chi connectivity index (χ2n) is 7.82. The fraction of sp³-hybridized carbons (Fsp3) is 0.500. The lowest BCUT2D eigenvalue weighted by atomic mass is 10.2. The van der Waals surface area contributed by atoms with E-state index in [-0.39, 0.29) is 5.04 Å². The summed E-state index contributed by atoms with van der Waals surface area (Å²) in [6, 6.07) is 21.8. The van der Waals surface area contributed by atoms with Gasteiger partial charge in [-0.05, 0) is 5.04 Å². The third-order valence-electron chi connectivity index (χ3n) is 4.86. The predicted molar refractivity (Wildman–Crippen MR) is 130 cm³/mol. The Kier molecular flexibility index (Phi) is 12.5. The molecule has 0 aliphatic rings. The molecule has 0 amide bonds. The predicted octanol–water partition coefficient (Wildman–Crippen LogP) is 3.27. The first-order valence-corrected chi connectivity index (χ1v) is 13.5. The summed E-state index contributed by atoms with van der Waals surface area (Å²) in [5.41, 5.74) is 0. The van der Waals surface area contributed by atoms with E-state index < -0.39 is 8.80 Å². The van der Waals surface area contributed by atoms with Crippen LogP contribution in [0.2, 0.25) is 5.04 Å². The third kappa shape index (κ3) is 9.41. The molecule has 0 fully saturated rings. The molecule has 4 nitrogen and oxygen atoms in total. The SMILES string of the molecule is CC(C)(COCCOCCOCCOCCBr)[SiH](c1ccccc1)c1ccccc1. The average Bonchev–Trinajstić information content (AvgIpc) is 2.76. The van der Waals surface area contributed by atoms with Crippen molar-refractivity contribution < 1.29 is 18.9 Å². The van der Waals surface area contributed by atoms with Crippen LogP contribution in [-0.4, -0.2) is 67.0 Å². The van der Waals surface area contributed by atoms with Gasteiger partial charge in [0.15, 0.2) is 0 Å². The zero-order chi connectivity index (χ0) is 21.5. The van der Waals surface area contributed by atoms with Gasteiger partial charge in [0.25, 0.3) is 0 Å². The molecular weight excluding hydrogens is 460 g/mol. The molecule has 2 aromatic rings. The van der Waals surface area contributed by atoms with Crippen molar-refractivity contribution in [3.8, 4) is 0 Å².